The van der Waals surface area contributed by atoms with Crippen LogP contribution in [0, 0.1) is 0 Å². The van der Waals surface area contributed by atoms with Crippen LogP contribution in [0.25, 0.3) is 10.9 Å². The zero-order valence-corrected chi connectivity index (χ0v) is 25.2. The van der Waals surface area contributed by atoms with Crippen LogP contribution >= 0.6 is 23.2 Å². The normalized spacial score (nSPS) is 15.1. The van der Waals surface area contributed by atoms with E-state index in [1.807, 2.05) is 49.4 Å². The van der Waals surface area contributed by atoms with Crippen molar-refractivity contribution >= 4 is 46.3 Å². The molecule has 11 heteroatoms. The number of carbonyl (C=O) groups excluding carboxylic acids is 2. The lowest BCUT2D eigenvalue weighted by molar-refractivity contribution is 0.118. The molecule has 1 aliphatic rings. The third-order valence-electron chi connectivity index (χ3n) is 7.18. The number of aromatic nitrogens is 1. The molecule has 0 radical (unpaired) electrons. The summed E-state index contributed by atoms with van der Waals surface area (Å²) >= 11 is 12.3. The van der Waals surface area contributed by atoms with Crippen molar-refractivity contribution in [1.82, 2.24) is 15.2 Å². The van der Waals surface area contributed by atoms with Gasteiger partial charge in [0, 0.05) is 46.2 Å². The van der Waals surface area contributed by atoms with Crippen LogP contribution in [0.2, 0.25) is 10.0 Å². The van der Waals surface area contributed by atoms with Crippen LogP contribution in [0.4, 0.5) is 9.59 Å². The first-order valence-electron chi connectivity index (χ1n) is 14.2. The minimum Gasteiger partial charge on any atom is -0.493 e. The van der Waals surface area contributed by atoms with Gasteiger partial charge in [0.1, 0.15) is 17.5 Å². The van der Waals surface area contributed by atoms with Gasteiger partial charge in [-0.3, -0.25) is 4.90 Å². The molecule has 0 saturated heterocycles. The third-order valence-corrected chi connectivity index (χ3v) is 7.66. The summed E-state index contributed by atoms with van der Waals surface area (Å²) in [7, 11) is 0. The topological polar surface area (TPSA) is 113 Å². The molecule has 0 saturated carbocycles. The van der Waals surface area contributed by atoms with E-state index in [0.29, 0.717) is 47.5 Å². The van der Waals surface area contributed by atoms with Crippen LogP contribution in [-0.2, 0) is 11.2 Å². The number of fused-ring (bicyclic) bond motifs is 3. The number of H-pyrrole nitrogens is 1. The van der Waals surface area contributed by atoms with E-state index in [4.69, 9.17) is 37.4 Å². The van der Waals surface area contributed by atoms with Crippen molar-refractivity contribution in [3.8, 4) is 11.5 Å². The lowest BCUT2D eigenvalue weighted by Gasteiger charge is -2.35. The van der Waals surface area contributed by atoms with Crippen LogP contribution in [0.5, 0.6) is 11.5 Å². The van der Waals surface area contributed by atoms with Crippen LogP contribution in [-0.4, -0.2) is 59.6 Å². The standard InChI is InChI=1S/C32H33Cl2N3O6/c1-2-16-42-31(39)35-19-23(38)14-17-41-24-8-3-20(4-9-24)30-29-26(27-18-22(34)7-12-28(27)36-29)13-15-37(30)32(40)43-25-10-5-21(33)6-11-25/h3-12,18,23,30,36,38H,2,13-17,19H2,1H3,(H,35,39). The van der Waals surface area contributed by atoms with Crippen molar-refractivity contribution in [2.24, 2.45) is 0 Å². The van der Waals surface area contributed by atoms with Crippen LogP contribution in [0.15, 0.2) is 66.7 Å². The molecule has 2 atom stereocenters. The molecule has 1 aliphatic heterocycles. The second-order valence-electron chi connectivity index (χ2n) is 10.3. The maximum atomic E-state index is 13.5. The number of nitrogens with one attached hydrogen (secondary N) is 2. The Balaban J connectivity index is 1.30. The molecule has 226 valence electrons. The largest absolute Gasteiger partial charge is 0.493 e. The number of amides is 2. The molecule has 3 aromatic carbocycles. The minimum atomic E-state index is -0.773. The molecular weight excluding hydrogens is 593 g/mol. The summed E-state index contributed by atoms with van der Waals surface area (Å²) in [5.74, 6) is 1.02. The Morgan fingerprint density at radius 2 is 1.74 bits per heavy atom. The lowest BCUT2D eigenvalue weighted by Crippen LogP contribution is -2.42. The monoisotopic (exact) mass is 625 g/mol. The highest BCUT2D eigenvalue weighted by Crippen LogP contribution is 2.40. The summed E-state index contributed by atoms with van der Waals surface area (Å²) in [5.41, 5.74) is 3.82. The smallest absolute Gasteiger partial charge is 0.416 e. The average Bonchev–Trinajstić information content (AvgIpc) is 3.38. The van der Waals surface area contributed by atoms with Crippen LogP contribution in [0.3, 0.4) is 0 Å². The van der Waals surface area contributed by atoms with Crippen LogP contribution in [0.1, 0.15) is 42.6 Å². The fourth-order valence-electron chi connectivity index (χ4n) is 5.07. The molecule has 0 aliphatic carbocycles. The number of nitrogens with zero attached hydrogens (tertiary/aromatic N) is 1. The second kappa shape index (κ2) is 14.0. The maximum Gasteiger partial charge on any atom is 0.416 e. The van der Waals surface area contributed by atoms with E-state index in [0.717, 1.165) is 34.1 Å². The predicted octanol–water partition coefficient (Wildman–Crippen LogP) is 6.89. The van der Waals surface area contributed by atoms with Gasteiger partial charge in [-0.1, -0.05) is 42.3 Å². The van der Waals surface area contributed by atoms with Gasteiger partial charge in [0.2, 0.25) is 0 Å². The number of rotatable bonds is 10. The number of carbonyl (C=O) groups is 2. The second-order valence-corrected chi connectivity index (χ2v) is 11.1. The molecule has 9 nitrogen and oxygen atoms in total. The molecule has 0 fully saturated rings. The summed E-state index contributed by atoms with van der Waals surface area (Å²) in [6, 6.07) is 19.4. The first kappa shape index (κ1) is 30.5. The number of benzene rings is 3. The van der Waals surface area contributed by atoms with E-state index in [2.05, 4.69) is 10.3 Å². The molecule has 0 spiro atoms. The summed E-state index contributed by atoms with van der Waals surface area (Å²) < 4.78 is 16.5. The van der Waals surface area contributed by atoms with E-state index in [9.17, 15) is 14.7 Å². The first-order chi connectivity index (χ1) is 20.8. The Labute approximate surface area is 259 Å². The zero-order chi connectivity index (χ0) is 30.3. The van der Waals surface area contributed by atoms with Gasteiger partial charge >= 0.3 is 12.2 Å². The number of ether oxygens (including phenoxy) is 3. The SMILES string of the molecule is CCCOC(=O)NCC(O)CCOc1ccc(C2c3[nH]c4ccc(Cl)cc4c3CCN2C(=O)Oc2ccc(Cl)cc2)cc1. The van der Waals surface area contributed by atoms with Gasteiger partial charge < -0.3 is 29.6 Å². The Bertz CT molecular complexity index is 1560. The number of halogens is 2. The Kier molecular flexibility index (Phi) is 9.97. The van der Waals surface area contributed by atoms with Gasteiger partial charge in [0.25, 0.3) is 0 Å². The Morgan fingerprint density at radius 1 is 1.02 bits per heavy atom. The zero-order valence-electron chi connectivity index (χ0n) is 23.6. The molecule has 0 bridgehead atoms. The molecule has 3 N–H and O–H groups in total. The predicted molar refractivity (Wildman–Crippen MR) is 165 cm³/mol. The number of aliphatic hydroxyl groups excluding tert-OH is 1. The fraction of sp³-hybridized carbons (Fsp3) is 0.312. The average molecular weight is 627 g/mol. The highest BCUT2D eigenvalue weighted by atomic mass is 35.5. The lowest BCUT2D eigenvalue weighted by atomic mass is 9.92. The summed E-state index contributed by atoms with van der Waals surface area (Å²) in [6.07, 6.45) is -0.110. The molecule has 2 heterocycles. The number of aliphatic hydroxyl groups is 1. The molecule has 4 aromatic rings. The van der Waals surface area contributed by atoms with E-state index in [-0.39, 0.29) is 13.2 Å². The summed E-state index contributed by atoms with van der Waals surface area (Å²) in [6.45, 7) is 3.01. The van der Waals surface area contributed by atoms with Crippen molar-refractivity contribution < 1.29 is 28.9 Å². The van der Waals surface area contributed by atoms with Crippen molar-refractivity contribution in [3.05, 3.63) is 93.6 Å². The minimum absolute atomic E-state index is 0.0759. The van der Waals surface area contributed by atoms with Gasteiger partial charge in [-0.15, -0.1) is 0 Å². The van der Waals surface area contributed by atoms with Crippen molar-refractivity contribution in [2.45, 2.75) is 38.3 Å². The summed E-state index contributed by atoms with van der Waals surface area (Å²) in [4.78, 5) is 30.3. The third kappa shape index (κ3) is 7.54. The number of alkyl carbamates (subject to hydrolysis) is 1. The quantitative estimate of drug-likeness (QED) is 0.177. The molecule has 2 amide bonds. The van der Waals surface area contributed by atoms with Crippen molar-refractivity contribution in [2.75, 3.05) is 26.3 Å². The fourth-order valence-corrected chi connectivity index (χ4v) is 5.37. The van der Waals surface area contributed by atoms with E-state index in [1.54, 1.807) is 29.2 Å². The maximum absolute atomic E-state index is 13.5. The molecular formula is C32H33Cl2N3O6. The van der Waals surface area contributed by atoms with Gasteiger partial charge in [-0.2, -0.15) is 0 Å². The van der Waals surface area contributed by atoms with E-state index < -0.39 is 24.3 Å². The highest BCUT2D eigenvalue weighted by molar-refractivity contribution is 6.31. The Hall–Kier alpha value is -3.92. The highest BCUT2D eigenvalue weighted by Gasteiger charge is 2.35. The van der Waals surface area contributed by atoms with Crippen molar-refractivity contribution in [1.29, 1.82) is 0 Å². The molecule has 43 heavy (non-hydrogen) atoms. The number of aromatic amines is 1. The molecule has 1 aromatic heterocycles. The summed E-state index contributed by atoms with van der Waals surface area (Å²) in [5, 5.41) is 14.9. The molecule has 5 rings (SSSR count). The van der Waals surface area contributed by atoms with Gasteiger partial charge in [-0.05, 0) is 78.6 Å². The number of hydrogen-bond acceptors (Lipinski definition) is 6. The molecule has 2 unspecified atom stereocenters. The van der Waals surface area contributed by atoms with Gasteiger partial charge in [0.05, 0.1) is 19.3 Å². The number of hydrogen-bond donors (Lipinski definition) is 3. The Morgan fingerprint density at radius 3 is 2.49 bits per heavy atom. The van der Waals surface area contributed by atoms with Gasteiger partial charge in [0.15, 0.2) is 0 Å². The van der Waals surface area contributed by atoms with Crippen molar-refractivity contribution in [3.63, 3.8) is 0 Å². The van der Waals surface area contributed by atoms with Crippen LogP contribution < -0.4 is 14.8 Å². The van der Waals surface area contributed by atoms with Gasteiger partial charge in [-0.25, -0.2) is 9.59 Å². The van der Waals surface area contributed by atoms with E-state index in [1.165, 1.54) is 0 Å². The van der Waals surface area contributed by atoms with E-state index >= 15 is 0 Å². The first-order valence-corrected chi connectivity index (χ1v) is 14.9.